The molecule has 1 fully saturated rings. The summed E-state index contributed by atoms with van der Waals surface area (Å²) in [5.41, 5.74) is 0. The molecule has 3 N–H and O–H groups in total. The molecule has 1 unspecified atom stereocenters. The van der Waals surface area contributed by atoms with Gasteiger partial charge in [0.05, 0.1) is 6.20 Å². The zero-order chi connectivity index (χ0) is 15.6. The van der Waals surface area contributed by atoms with E-state index in [4.69, 9.17) is 0 Å². The molecule has 1 aliphatic rings. The predicted molar refractivity (Wildman–Crippen MR) is 86.8 cm³/mol. The van der Waals surface area contributed by atoms with E-state index in [2.05, 4.69) is 37.7 Å². The Morgan fingerprint density at radius 3 is 2.95 bits per heavy atom. The van der Waals surface area contributed by atoms with Crippen molar-refractivity contribution < 1.29 is 4.79 Å². The summed E-state index contributed by atoms with van der Waals surface area (Å²) in [4.78, 5) is 22.1. The molecule has 1 saturated heterocycles. The van der Waals surface area contributed by atoms with E-state index in [9.17, 15) is 4.79 Å². The summed E-state index contributed by atoms with van der Waals surface area (Å²) in [6, 6.07) is -0.119. The molecule has 0 radical (unpaired) electrons. The van der Waals surface area contributed by atoms with Crippen LogP contribution in [0.5, 0.6) is 0 Å². The van der Waals surface area contributed by atoms with Gasteiger partial charge in [0.25, 0.3) is 0 Å². The van der Waals surface area contributed by atoms with Crippen molar-refractivity contribution in [2.45, 2.75) is 19.8 Å². The number of carbonyl (C=O) groups is 1. The molecule has 2 amide bonds. The zero-order valence-corrected chi connectivity index (χ0v) is 13.2. The summed E-state index contributed by atoms with van der Waals surface area (Å²) in [5.74, 6) is 1.48. The fourth-order valence-corrected chi connectivity index (χ4v) is 2.64. The van der Waals surface area contributed by atoms with Crippen molar-refractivity contribution in [3.05, 3.63) is 18.6 Å². The number of carbonyl (C=O) groups excluding carboxylic acids is 1. The first-order valence-corrected chi connectivity index (χ1v) is 7.98. The molecule has 7 heteroatoms. The molecular formula is C15H26N6O. The predicted octanol–water partition coefficient (Wildman–Crippen LogP) is 0.920. The number of rotatable bonds is 7. The van der Waals surface area contributed by atoms with Crippen LogP contribution in [0.4, 0.5) is 10.6 Å². The van der Waals surface area contributed by atoms with Gasteiger partial charge < -0.3 is 20.9 Å². The van der Waals surface area contributed by atoms with E-state index in [-0.39, 0.29) is 6.03 Å². The molecule has 0 bridgehead atoms. The number of hydrogen-bond acceptors (Lipinski definition) is 5. The molecule has 1 atom stereocenters. The smallest absolute Gasteiger partial charge is 0.314 e. The summed E-state index contributed by atoms with van der Waals surface area (Å²) in [6.07, 6.45) is 7.49. The van der Waals surface area contributed by atoms with Crippen LogP contribution in [-0.4, -0.2) is 60.2 Å². The highest BCUT2D eigenvalue weighted by Gasteiger charge is 2.15. The van der Waals surface area contributed by atoms with Crippen LogP contribution in [0.3, 0.4) is 0 Å². The Bertz CT molecular complexity index is 441. The van der Waals surface area contributed by atoms with E-state index in [1.165, 1.54) is 12.8 Å². The highest BCUT2D eigenvalue weighted by atomic mass is 16.2. The highest BCUT2D eigenvalue weighted by molar-refractivity contribution is 5.73. The van der Waals surface area contributed by atoms with Crippen LogP contribution in [0.2, 0.25) is 0 Å². The number of likely N-dealkylation sites (tertiary alicyclic amines) is 1. The molecule has 2 rings (SSSR count). The first-order chi connectivity index (χ1) is 10.7. The van der Waals surface area contributed by atoms with E-state index in [0.29, 0.717) is 25.5 Å². The average molecular weight is 306 g/mol. The molecule has 2 heterocycles. The van der Waals surface area contributed by atoms with Gasteiger partial charge in [0.2, 0.25) is 0 Å². The van der Waals surface area contributed by atoms with Crippen molar-refractivity contribution in [2.75, 3.05) is 44.6 Å². The summed E-state index contributed by atoms with van der Waals surface area (Å²) < 4.78 is 0. The van der Waals surface area contributed by atoms with Crippen LogP contribution in [-0.2, 0) is 0 Å². The van der Waals surface area contributed by atoms with Crippen molar-refractivity contribution in [1.29, 1.82) is 0 Å². The monoisotopic (exact) mass is 306 g/mol. The second-order valence-corrected chi connectivity index (χ2v) is 5.75. The van der Waals surface area contributed by atoms with Gasteiger partial charge in [0, 0.05) is 45.1 Å². The Balaban J connectivity index is 1.49. The number of piperidine rings is 1. The Morgan fingerprint density at radius 1 is 1.32 bits per heavy atom. The average Bonchev–Trinajstić information content (AvgIpc) is 2.53. The number of amides is 2. The lowest BCUT2D eigenvalue weighted by molar-refractivity contribution is 0.184. The van der Waals surface area contributed by atoms with Gasteiger partial charge in [0.1, 0.15) is 5.82 Å². The molecule has 1 aliphatic heterocycles. The number of hydrogen-bond donors (Lipinski definition) is 3. The van der Waals surface area contributed by atoms with Crippen LogP contribution in [0.15, 0.2) is 18.6 Å². The minimum absolute atomic E-state index is 0.119. The third kappa shape index (κ3) is 6.26. The molecule has 0 spiro atoms. The molecular weight excluding hydrogens is 280 g/mol. The van der Waals surface area contributed by atoms with Crippen molar-refractivity contribution in [3.8, 4) is 0 Å². The lowest BCUT2D eigenvalue weighted by atomic mass is 10.0. The Morgan fingerprint density at radius 2 is 2.18 bits per heavy atom. The molecule has 1 aromatic rings. The van der Waals surface area contributed by atoms with Gasteiger partial charge in [-0.2, -0.15) is 0 Å². The topological polar surface area (TPSA) is 82.2 Å². The maximum Gasteiger partial charge on any atom is 0.314 e. The van der Waals surface area contributed by atoms with E-state index in [0.717, 1.165) is 25.6 Å². The SMILES string of the molecule is CC1CCCN(CCNC(=O)NCCNc2cnccn2)C1. The van der Waals surface area contributed by atoms with Crippen molar-refractivity contribution in [2.24, 2.45) is 5.92 Å². The number of aromatic nitrogens is 2. The maximum absolute atomic E-state index is 11.7. The third-order valence-corrected chi connectivity index (χ3v) is 3.73. The molecule has 0 saturated carbocycles. The zero-order valence-electron chi connectivity index (χ0n) is 13.2. The fourth-order valence-electron chi connectivity index (χ4n) is 2.64. The number of urea groups is 1. The van der Waals surface area contributed by atoms with Gasteiger partial charge in [0.15, 0.2) is 0 Å². The van der Waals surface area contributed by atoms with E-state index < -0.39 is 0 Å². The van der Waals surface area contributed by atoms with Crippen LogP contribution in [0.1, 0.15) is 19.8 Å². The van der Waals surface area contributed by atoms with Crippen LogP contribution < -0.4 is 16.0 Å². The minimum Gasteiger partial charge on any atom is -0.367 e. The Labute approximate surface area is 131 Å². The molecule has 0 aromatic carbocycles. The quantitative estimate of drug-likeness (QED) is 0.653. The van der Waals surface area contributed by atoms with Gasteiger partial charge in [-0.3, -0.25) is 4.98 Å². The standard InChI is InChI=1S/C15H26N6O/c1-13-3-2-9-21(12-13)10-8-20-15(22)19-7-6-18-14-11-16-4-5-17-14/h4-5,11,13H,2-3,6-10,12H2,1H3,(H,17,18)(H2,19,20,22). The van der Waals surface area contributed by atoms with E-state index >= 15 is 0 Å². The lowest BCUT2D eigenvalue weighted by Crippen LogP contribution is -2.43. The van der Waals surface area contributed by atoms with Crippen LogP contribution in [0.25, 0.3) is 0 Å². The largest absolute Gasteiger partial charge is 0.367 e. The molecule has 122 valence electrons. The minimum atomic E-state index is -0.119. The summed E-state index contributed by atoms with van der Waals surface area (Å²) in [6.45, 7) is 7.36. The Kier molecular flexibility index (Phi) is 6.89. The molecule has 22 heavy (non-hydrogen) atoms. The third-order valence-electron chi connectivity index (χ3n) is 3.73. The highest BCUT2D eigenvalue weighted by Crippen LogP contribution is 2.14. The van der Waals surface area contributed by atoms with Crippen molar-refractivity contribution in [3.63, 3.8) is 0 Å². The molecule has 0 aliphatic carbocycles. The second-order valence-electron chi connectivity index (χ2n) is 5.75. The normalized spacial score (nSPS) is 18.7. The molecule has 7 nitrogen and oxygen atoms in total. The van der Waals surface area contributed by atoms with Gasteiger partial charge in [-0.15, -0.1) is 0 Å². The van der Waals surface area contributed by atoms with Crippen molar-refractivity contribution >= 4 is 11.8 Å². The maximum atomic E-state index is 11.7. The van der Waals surface area contributed by atoms with Gasteiger partial charge in [-0.05, 0) is 25.3 Å². The number of anilines is 1. The van der Waals surface area contributed by atoms with E-state index in [1.54, 1.807) is 18.6 Å². The second kappa shape index (κ2) is 9.19. The first kappa shape index (κ1) is 16.5. The molecule has 1 aromatic heterocycles. The Hall–Kier alpha value is -1.89. The van der Waals surface area contributed by atoms with Crippen molar-refractivity contribution in [1.82, 2.24) is 25.5 Å². The van der Waals surface area contributed by atoms with E-state index in [1.807, 2.05) is 0 Å². The summed E-state index contributed by atoms with van der Waals surface area (Å²) in [7, 11) is 0. The lowest BCUT2D eigenvalue weighted by Gasteiger charge is -2.30. The summed E-state index contributed by atoms with van der Waals surface area (Å²) in [5, 5.41) is 8.80. The van der Waals surface area contributed by atoms with Crippen LogP contribution >= 0.6 is 0 Å². The number of nitrogens with one attached hydrogen (secondary N) is 3. The summed E-state index contributed by atoms with van der Waals surface area (Å²) >= 11 is 0. The first-order valence-electron chi connectivity index (χ1n) is 7.98. The van der Waals surface area contributed by atoms with Crippen LogP contribution in [0, 0.1) is 5.92 Å². The van der Waals surface area contributed by atoms with Gasteiger partial charge in [-0.1, -0.05) is 6.92 Å². The van der Waals surface area contributed by atoms with Gasteiger partial charge >= 0.3 is 6.03 Å². The number of nitrogens with zero attached hydrogens (tertiary/aromatic N) is 3. The van der Waals surface area contributed by atoms with Gasteiger partial charge in [-0.25, -0.2) is 9.78 Å². The fraction of sp³-hybridized carbons (Fsp3) is 0.667.